The van der Waals surface area contributed by atoms with Gasteiger partial charge in [0.05, 0.1) is 6.61 Å². The second kappa shape index (κ2) is 8.42. The summed E-state index contributed by atoms with van der Waals surface area (Å²) in [6, 6.07) is 10.3. The highest BCUT2D eigenvalue weighted by Crippen LogP contribution is 2.22. The fourth-order valence-corrected chi connectivity index (χ4v) is 3.10. The molecule has 1 N–H and O–H groups in total. The molecule has 1 heterocycles. The number of thiophene rings is 1. The van der Waals surface area contributed by atoms with E-state index >= 15 is 0 Å². The third-order valence-electron chi connectivity index (χ3n) is 2.71. The van der Waals surface area contributed by atoms with Crippen LogP contribution in [0.5, 0.6) is 5.75 Å². The molecule has 0 amide bonds. The van der Waals surface area contributed by atoms with Gasteiger partial charge in [-0.3, -0.25) is 0 Å². The molecule has 0 saturated heterocycles. The highest BCUT2D eigenvalue weighted by atomic mass is 79.9. The zero-order chi connectivity index (χ0) is 14.2. The van der Waals surface area contributed by atoms with Crippen LogP contribution in [-0.4, -0.2) is 20.3 Å². The molecular weight excluding hydrogens is 338 g/mol. The third-order valence-corrected chi connectivity index (χ3v) is 4.38. The molecule has 2 aromatic rings. The van der Waals surface area contributed by atoms with Gasteiger partial charge in [0.15, 0.2) is 0 Å². The Morgan fingerprint density at radius 1 is 1.30 bits per heavy atom. The van der Waals surface area contributed by atoms with Crippen LogP contribution in [0.15, 0.2) is 40.2 Å². The highest BCUT2D eigenvalue weighted by molar-refractivity contribution is 9.10. The minimum atomic E-state index is 0.608. The van der Waals surface area contributed by atoms with Gasteiger partial charge in [-0.05, 0) is 39.7 Å². The van der Waals surface area contributed by atoms with E-state index in [-0.39, 0.29) is 0 Å². The molecule has 5 heteroatoms. The van der Waals surface area contributed by atoms with Crippen molar-refractivity contribution >= 4 is 27.3 Å². The summed E-state index contributed by atoms with van der Waals surface area (Å²) in [5.74, 6) is 0.903. The van der Waals surface area contributed by atoms with Gasteiger partial charge < -0.3 is 14.8 Å². The first-order valence-electron chi connectivity index (χ1n) is 6.42. The molecule has 0 aliphatic heterocycles. The molecule has 108 valence electrons. The first-order chi connectivity index (χ1) is 9.78. The summed E-state index contributed by atoms with van der Waals surface area (Å²) in [7, 11) is 1.71. The lowest BCUT2D eigenvalue weighted by Crippen LogP contribution is -2.18. The molecule has 0 unspecified atom stereocenters. The molecule has 0 spiro atoms. The number of hydrogen-bond acceptors (Lipinski definition) is 4. The Hall–Kier alpha value is -0.880. The number of rotatable bonds is 8. The Bertz CT molecular complexity index is 530. The average molecular weight is 356 g/mol. The SMILES string of the molecule is COCCNCc1cccc(OCc2cc(Br)cs2)c1. The van der Waals surface area contributed by atoms with E-state index in [1.807, 2.05) is 12.1 Å². The molecule has 1 aromatic heterocycles. The highest BCUT2D eigenvalue weighted by Gasteiger charge is 2.01. The zero-order valence-corrected chi connectivity index (χ0v) is 13.8. The molecule has 0 radical (unpaired) electrons. The molecule has 0 bridgehead atoms. The van der Waals surface area contributed by atoms with Crippen LogP contribution in [0.2, 0.25) is 0 Å². The van der Waals surface area contributed by atoms with Crippen LogP contribution in [0.1, 0.15) is 10.4 Å². The lowest BCUT2D eigenvalue weighted by molar-refractivity contribution is 0.199. The van der Waals surface area contributed by atoms with Gasteiger partial charge in [-0.1, -0.05) is 12.1 Å². The fourth-order valence-electron chi connectivity index (χ4n) is 1.74. The number of nitrogens with one attached hydrogen (secondary N) is 1. The van der Waals surface area contributed by atoms with Gasteiger partial charge in [0, 0.05) is 34.9 Å². The van der Waals surface area contributed by atoms with E-state index in [1.54, 1.807) is 18.4 Å². The quantitative estimate of drug-likeness (QED) is 0.730. The van der Waals surface area contributed by atoms with Crippen LogP contribution >= 0.6 is 27.3 Å². The normalized spacial score (nSPS) is 10.7. The summed E-state index contributed by atoms with van der Waals surface area (Å²) in [5.41, 5.74) is 1.21. The van der Waals surface area contributed by atoms with Crippen molar-refractivity contribution < 1.29 is 9.47 Å². The van der Waals surface area contributed by atoms with Crippen molar-refractivity contribution in [2.75, 3.05) is 20.3 Å². The molecule has 0 aliphatic carbocycles. The predicted molar refractivity (Wildman–Crippen MR) is 86.4 cm³/mol. The van der Waals surface area contributed by atoms with Crippen molar-refractivity contribution in [3.8, 4) is 5.75 Å². The maximum absolute atomic E-state index is 5.81. The van der Waals surface area contributed by atoms with Crippen LogP contribution in [0.4, 0.5) is 0 Å². The van der Waals surface area contributed by atoms with Crippen LogP contribution < -0.4 is 10.1 Å². The summed E-state index contributed by atoms with van der Waals surface area (Å²) in [6.45, 7) is 3.01. The molecule has 20 heavy (non-hydrogen) atoms. The molecule has 1 aromatic carbocycles. The van der Waals surface area contributed by atoms with Crippen LogP contribution in [0.25, 0.3) is 0 Å². The monoisotopic (exact) mass is 355 g/mol. The number of benzene rings is 1. The number of methoxy groups -OCH3 is 1. The van der Waals surface area contributed by atoms with Crippen LogP contribution in [0.3, 0.4) is 0 Å². The predicted octanol–water partition coefficient (Wildman–Crippen LogP) is 3.83. The van der Waals surface area contributed by atoms with E-state index < -0.39 is 0 Å². The van der Waals surface area contributed by atoms with E-state index in [0.29, 0.717) is 6.61 Å². The molecule has 0 saturated carbocycles. The zero-order valence-electron chi connectivity index (χ0n) is 11.4. The van der Waals surface area contributed by atoms with Crippen molar-refractivity contribution in [2.45, 2.75) is 13.2 Å². The minimum Gasteiger partial charge on any atom is -0.488 e. The molecule has 0 aliphatic rings. The second-order valence-electron chi connectivity index (χ2n) is 4.34. The van der Waals surface area contributed by atoms with Gasteiger partial charge in [-0.2, -0.15) is 0 Å². The summed E-state index contributed by atoms with van der Waals surface area (Å²) in [6.07, 6.45) is 0. The smallest absolute Gasteiger partial charge is 0.122 e. The standard InChI is InChI=1S/C15H18BrNO2S/c1-18-6-5-17-9-12-3-2-4-14(7-12)19-10-15-8-13(16)11-20-15/h2-4,7-8,11,17H,5-6,9-10H2,1H3. The van der Waals surface area contributed by atoms with E-state index in [2.05, 4.69) is 44.8 Å². The largest absolute Gasteiger partial charge is 0.488 e. The lowest BCUT2D eigenvalue weighted by Gasteiger charge is -2.08. The summed E-state index contributed by atoms with van der Waals surface area (Å²) in [4.78, 5) is 1.21. The van der Waals surface area contributed by atoms with Gasteiger partial charge >= 0.3 is 0 Å². The Labute approximate surface area is 132 Å². The molecular formula is C15H18BrNO2S. The topological polar surface area (TPSA) is 30.5 Å². The van der Waals surface area contributed by atoms with Crippen molar-refractivity contribution in [2.24, 2.45) is 0 Å². The molecule has 0 atom stereocenters. The van der Waals surface area contributed by atoms with E-state index in [0.717, 1.165) is 29.9 Å². The fraction of sp³-hybridized carbons (Fsp3) is 0.333. The maximum Gasteiger partial charge on any atom is 0.122 e. The number of ether oxygens (including phenoxy) is 2. The number of hydrogen-bond donors (Lipinski definition) is 1. The maximum atomic E-state index is 5.81. The molecule has 2 rings (SSSR count). The summed E-state index contributed by atoms with van der Waals surface area (Å²) < 4.78 is 11.9. The lowest BCUT2D eigenvalue weighted by atomic mass is 10.2. The Kier molecular flexibility index (Phi) is 6.53. The first-order valence-corrected chi connectivity index (χ1v) is 8.09. The van der Waals surface area contributed by atoms with Gasteiger partial charge in [-0.25, -0.2) is 0 Å². The Morgan fingerprint density at radius 3 is 2.95 bits per heavy atom. The third kappa shape index (κ3) is 5.25. The van der Waals surface area contributed by atoms with Crippen LogP contribution in [0, 0.1) is 0 Å². The van der Waals surface area contributed by atoms with Gasteiger partial charge in [0.25, 0.3) is 0 Å². The molecule has 0 fully saturated rings. The second-order valence-corrected chi connectivity index (χ2v) is 6.25. The van der Waals surface area contributed by atoms with Crippen molar-refractivity contribution in [1.29, 1.82) is 0 Å². The average Bonchev–Trinajstić information content (AvgIpc) is 2.88. The van der Waals surface area contributed by atoms with Crippen LogP contribution in [-0.2, 0) is 17.9 Å². The van der Waals surface area contributed by atoms with E-state index in [9.17, 15) is 0 Å². The Balaban J connectivity index is 1.82. The van der Waals surface area contributed by atoms with Crippen molar-refractivity contribution in [1.82, 2.24) is 5.32 Å². The van der Waals surface area contributed by atoms with E-state index in [1.165, 1.54) is 10.4 Å². The van der Waals surface area contributed by atoms with E-state index in [4.69, 9.17) is 9.47 Å². The summed E-state index contributed by atoms with van der Waals surface area (Å²) in [5, 5.41) is 5.39. The number of halogens is 1. The van der Waals surface area contributed by atoms with Gasteiger partial charge in [0.1, 0.15) is 12.4 Å². The minimum absolute atomic E-state index is 0.608. The van der Waals surface area contributed by atoms with Crippen molar-refractivity contribution in [3.05, 3.63) is 50.6 Å². The summed E-state index contributed by atoms with van der Waals surface area (Å²) >= 11 is 5.14. The van der Waals surface area contributed by atoms with Crippen molar-refractivity contribution in [3.63, 3.8) is 0 Å². The first kappa shape index (κ1) is 15.5. The Morgan fingerprint density at radius 2 is 2.20 bits per heavy atom. The van der Waals surface area contributed by atoms with Gasteiger partial charge in [-0.15, -0.1) is 11.3 Å². The van der Waals surface area contributed by atoms with Gasteiger partial charge in [0.2, 0.25) is 0 Å². The molecule has 3 nitrogen and oxygen atoms in total.